The molecule has 0 unspecified atom stereocenters. The molecule has 5 heteroatoms. The fourth-order valence-electron chi connectivity index (χ4n) is 2.87. The van der Waals surface area contributed by atoms with Gasteiger partial charge in [-0.3, -0.25) is 4.79 Å². The number of nitrogens with one attached hydrogen (secondary N) is 2. The highest BCUT2D eigenvalue weighted by Crippen LogP contribution is 2.40. The molecular weight excluding hydrogens is 252 g/mol. The molecule has 0 atom stereocenters. The zero-order valence-corrected chi connectivity index (χ0v) is 11.9. The van der Waals surface area contributed by atoms with Gasteiger partial charge in [0.1, 0.15) is 0 Å². The van der Waals surface area contributed by atoms with Crippen molar-refractivity contribution >= 4 is 22.9 Å². The van der Waals surface area contributed by atoms with Gasteiger partial charge in [-0.05, 0) is 32.0 Å². The molecule has 0 saturated carbocycles. The van der Waals surface area contributed by atoms with Crippen LogP contribution in [-0.2, 0) is 4.79 Å². The zero-order chi connectivity index (χ0) is 14.3. The van der Waals surface area contributed by atoms with Gasteiger partial charge in [0.15, 0.2) is 0 Å². The Morgan fingerprint density at radius 2 is 2.10 bits per heavy atom. The Kier molecular flexibility index (Phi) is 3.14. The van der Waals surface area contributed by atoms with Crippen LogP contribution in [-0.4, -0.2) is 31.6 Å². The molecular formula is C15H20N4O. The molecule has 2 heterocycles. The molecule has 0 bridgehead atoms. The largest absolute Gasteiger partial charge is 0.399 e. The first-order valence-electron chi connectivity index (χ1n) is 7.01. The number of nitrogens with zero attached hydrogens (tertiary/aromatic N) is 1. The molecule has 0 aliphatic carbocycles. The lowest BCUT2D eigenvalue weighted by Crippen LogP contribution is -2.40. The molecule has 4 N–H and O–H groups in total. The van der Waals surface area contributed by atoms with E-state index in [1.807, 2.05) is 36.9 Å². The summed E-state index contributed by atoms with van der Waals surface area (Å²) in [5, 5.41) is 6.64. The molecule has 0 aromatic heterocycles. The second-order valence-electron chi connectivity index (χ2n) is 5.50. The predicted octanol–water partition coefficient (Wildman–Crippen LogP) is 0.928. The number of anilines is 2. The predicted molar refractivity (Wildman–Crippen MR) is 81.3 cm³/mol. The van der Waals surface area contributed by atoms with Crippen molar-refractivity contribution < 1.29 is 4.79 Å². The van der Waals surface area contributed by atoms with Gasteiger partial charge in [-0.15, -0.1) is 0 Å². The number of hydrogen-bond acceptors (Lipinski definition) is 4. The number of nitrogens with two attached hydrogens (primary N) is 1. The summed E-state index contributed by atoms with van der Waals surface area (Å²) in [4.78, 5) is 14.6. The van der Waals surface area contributed by atoms with Gasteiger partial charge < -0.3 is 21.3 Å². The van der Waals surface area contributed by atoms with Crippen molar-refractivity contribution in [3.63, 3.8) is 0 Å². The van der Waals surface area contributed by atoms with E-state index in [9.17, 15) is 4.79 Å². The molecule has 2 aliphatic rings. The van der Waals surface area contributed by atoms with Crippen LogP contribution in [0.5, 0.6) is 0 Å². The van der Waals surface area contributed by atoms with E-state index in [0.29, 0.717) is 12.2 Å². The molecule has 1 fully saturated rings. The third kappa shape index (κ3) is 1.94. The van der Waals surface area contributed by atoms with E-state index in [1.54, 1.807) is 0 Å². The molecule has 1 aromatic rings. The normalized spacial score (nSPS) is 22.1. The standard InChI is InChI=1S/C15H20N4O/c1-9(2)19-13-4-3-10(16)7-11(13)14(15(19)20)12-8-17-5-6-18-12/h3-4,7,9,17-18H,5-6,8,16H2,1-2H3/b14-12-. The third-order valence-electron chi connectivity index (χ3n) is 3.74. The minimum Gasteiger partial charge on any atom is -0.399 e. The van der Waals surface area contributed by atoms with Crippen LogP contribution in [0.3, 0.4) is 0 Å². The van der Waals surface area contributed by atoms with Crippen molar-refractivity contribution in [3.8, 4) is 0 Å². The summed E-state index contributed by atoms with van der Waals surface area (Å²) in [7, 11) is 0. The summed E-state index contributed by atoms with van der Waals surface area (Å²) in [5.74, 6) is 0.0619. The van der Waals surface area contributed by atoms with Crippen molar-refractivity contribution in [2.75, 3.05) is 30.3 Å². The van der Waals surface area contributed by atoms with Crippen LogP contribution in [0.4, 0.5) is 11.4 Å². The van der Waals surface area contributed by atoms with Crippen LogP contribution < -0.4 is 21.3 Å². The van der Waals surface area contributed by atoms with Crippen LogP contribution in [0.25, 0.3) is 5.57 Å². The lowest BCUT2D eigenvalue weighted by molar-refractivity contribution is -0.113. The van der Waals surface area contributed by atoms with Crippen LogP contribution in [0, 0.1) is 0 Å². The molecule has 2 aliphatic heterocycles. The third-order valence-corrected chi connectivity index (χ3v) is 3.74. The van der Waals surface area contributed by atoms with Crippen molar-refractivity contribution in [2.45, 2.75) is 19.9 Å². The van der Waals surface area contributed by atoms with Gasteiger partial charge in [0.25, 0.3) is 5.91 Å². The Bertz CT molecular complexity index is 584. The van der Waals surface area contributed by atoms with E-state index in [1.165, 1.54) is 0 Å². The van der Waals surface area contributed by atoms with Crippen molar-refractivity contribution in [1.29, 1.82) is 0 Å². The summed E-state index contributed by atoms with van der Waals surface area (Å²) in [6.45, 7) is 6.51. The molecule has 1 saturated heterocycles. The summed E-state index contributed by atoms with van der Waals surface area (Å²) in [6, 6.07) is 5.81. The number of nitrogen functional groups attached to an aromatic ring is 1. The lowest BCUT2D eigenvalue weighted by atomic mass is 10.0. The minimum atomic E-state index is 0.0619. The summed E-state index contributed by atoms with van der Waals surface area (Å²) >= 11 is 0. The average molecular weight is 272 g/mol. The highest BCUT2D eigenvalue weighted by Gasteiger charge is 2.36. The molecule has 5 nitrogen and oxygen atoms in total. The number of benzene rings is 1. The Morgan fingerprint density at radius 1 is 1.30 bits per heavy atom. The van der Waals surface area contributed by atoms with Gasteiger partial charge >= 0.3 is 0 Å². The number of hydrogen-bond donors (Lipinski definition) is 3. The Balaban J connectivity index is 2.17. The number of amides is 1. The van der Waals surface area contributed by atoms with Crippen LogP contribution in [0.1, 0.15) is 19.4 Å². The first kappa shape index (κ1) is 13.0. The second-order valence-corrected chi connectivity index (χ2v) is 5.50. The Labute approximate surface area is 118 Å². The van der Waals surface area contributed by atoms with Gasteiger partial charge in [0, 0.05) is 42.6 Å². The molecule has 0 radical (unpaired) electrons. The minimum absolute atomic E-state index is 0.0619. The van der Waals surface area contributed by atoms with Crippen molar-refractivity contribution in [2.24, 2.45) is 0 Å². The number of carbonyl (C=O) groups excluding carboxylic acids is 1. The maximum Gasteiger partial charge on any atom is 0.261 e. The molecule has 0 spiro atoms. The van der Waals surface area contributed by atoms with Crippen molar-refractivity contribution in [3.05, 3.63) is 29.5 Å². The van der Waals surface area contributed by atoms with E-state index in [-0.39, 0.29) is 11.9 Å². The van der Waals surface area contributed by atoms with Crippen LogP contribution in [0.2, 0.25) is 0 Å². The summed E-state index contributed by atoms with van der Waals surface area (Å²) in [5.41, 5.74) is 10.2. The van der Waals surface area contributed by atoms with Gasteiger partial charge in [0.2, 0.25) is 0 Å². The first-order chi connectivity index (χ1) is 9.59. The highest BCUT2D eigenvalue weighted by molar-refractivity contribution is 6.33. The first-order valence-corrected chi connectivity index (χ1v) is 7.01. The molecule has 20 heavy (non-hydrogen) atoms. The summed E-state index contributed by atoms with van der Waals surface area (Å²) < 4.78 is 0. The van der Waals surface area contributed by atoms with Gasteiger partial charge in [-0.1, -0.05) is 0 Å². The molecule has 1 amide bonds. The second kappa shape index (κ2) is 4.83. The molecule has 3 rings (SSSR count). The van der Waals surface area contributed by atoms with Gasteiger partial charge in [-0.2, -0.15) is 0 Å². The Morgan fingerprint density at radius 3 is 2.75 bits per heavy atom. The topological polar surface area (TPSA) is 70.4 Å². The summed E-state index contributed by atoms with van der Waals surface area (Å²) in [6.07, 6.45) is 0. The van der Waals surface area contributed by atoms with E-state index < -0.39 is 0 Å². The highest BCUT2D eigenvalue weighted by atomic mass is 16.2. The zero-order valence-electron chi connectivity index (χ0n) is 11.9. The monoisotopic (exact) mass is 272 g/mol. The molecule has 106 valence electrons. The van der Waals surface area contributed by atoms with Gasteiger partial charge in [-0.25, -0.2) is 0 Å². The Hall–Kier alpha value is -2.01. The van der Waals surface area contributed by atoms with E-state index in [0.717, 1.165) is 35.6 Å². The number of carbonyl (C=O) groups is 1. The molecule has 1 aromatic carbocycles. The number of piperazine rings is 1. The van der Waals surface area contributed by atoms with Crippen molar-refractivity contribution in [1.82, 2.24) is 10.6 Å². The SMILES string of the molecule is CC(C)N1C(=O)/C(=C2/CNCCN2)c2cc(N)ccc21. The number of rotatable bonds is 1. The quantitative estimate of drug-likeness (QED) is 0.525. The van der Waals surface area contributed by atoms with Crippen LogP contribution >= 0.6 is 0 Å². The average Bonchev–Trinajstić information content (AvgIpc) is 2.71. The van der Waals surface area contributed by atoms with E-state index in [2.05, 4.69) is 10.6 Å². The fraction of sp³-hybridized carbons (Fsp3) is 0.400. The lowest BCUT2D eigenvalue weighted by Gasteiger charge is -2.22. The maximum atomic E-state index is 12.8. The van der Waals surface area contributed by atoms with E-state index in [4.69, 9.17) is 5.73 Å². The fourth-order valence-corrected chi connectivity index (χ4v) is 2.87. The maximum absolute atomic E-state index is 12.8. The van der Waals surface area contributed by atoms with Crippen LogP contribution in [0.15, 0.2) is 23.9 Å². The smallest absolute Gasteiger partial charge is 0.261 e. The van der Waals surface area contributed by atoms with E-state index >= 15 is 0 Å². The number of fused-ring (bicyclic) bond motifs is 1. The van der Waals surface area contributed by atoms with Gasteiger partial charge in [0.05, 0.1) is 11.3 Å².